The molecule has 1 fully saturated rings. The molecular weight excluding hydrogens is 542 g/mol. The summed E-state index contributed by atoms with van der Waals surface area (Å²) in [5, 5.41) is 0. The van der Waals surface area contributed by atoms with Crippen molar-refractivity contribution in [2.75, 3.05) is 52.5 Å². The molecule has 0 aromatic rings. The van der Waals surface area contributed by atoms with Gasteiger partial charge in [-0.25, -0.2) is 0 Å². The first-order valence-electron chi connectivity index (χ1n) is 20.1. The van der Waals surface area contributed by atoms with E-state index in [0.717, 1.165) is 63.4 Å². The number of rotatable bonds is 33. The highest BCUT2D eigenvalue weighted by molar-refractivity contribution is 4.67. The second kappa shape index (κ2) is 30.2. The van der Waals surface area contributed by atoms with Crippen molar-refractivity contribution in [2.24, 2.45) is 5.73 Å². The Hall–Kier alpha value is -0.200. The van der Waals surface area contributed by atoms with Crippen LogP contribution in [0.4, 0.5) is 0 Å². The van der Waals surface area contributed by atoms with E-state index < -0.39 is 0 Å². The van der Waals surface area contributed by atoms with E-state index in [0.29, 0.717) is 0 Å². The Kier molecular flexibility index (Phi) is 28.7. The van der Waals surface area contributed by atoms with E-state index >= 15 is 0 Å². The Bertz CT molecular complexity index is 582. The molecule has 0 saturated carbocycles. The van der Waals surface area contributed by atoms with Crippen LogP contribution in [0.3, 0.4) is 0 Å². The molecule has 1 saturated heterocycles. The van der Waals surface area contributed by atoms with Crippen molar-refractivity contribution in [1.29, 1.82) is 0 Å². The monoisotopic (exact) mass is 625 g/mol. The summed E-state index contributed by atoms with van der Waals surface area (Å²) in [4.78, 5) is 2.55. The van der Waals surface area contributed by atoms with Gasteiger partial charge in [-0.3, -0.25) is 9.38 Å². The number of ether oxygens (including phenoxy) is 2. The van der Waals surface area contributed by atoms with Crippen molar-refractivity contribution in [3.05, 3.63) is 0 Å². The van der Waals surface area contributed by atoms with Crippen LogP contribution in [0.5, 0.6) is 0 Å². The standard InChI is InChI=1S/C39H82N3O2/c1-5-7-9-11-13-15-17-19-21-23-25-27-36-43-38(3)41-31-34-42(35-32-41,33-29-30-40)39(4)44-37-28-26-24-22-20-18-16-14-12-10-8-6-2/h38-39H,5-37,40H2,1-4H3/q+1. The first-order chi connectivity index (χ1) is 21.6. The average molecular weight is 625 g/mol. The van der Waals surface area contributed by atoms with Crippen LogP contribution in [0.25, 0.3) is 0 Å². The molecule has 0 aliphatic carbocycles. The summed E-state index contributed by atoms with van der Waals surface area (Å²) >= 11 is 0. The molecule has 5 heteroatoms. The van der Waals surface area contributed by atoms with Gasteiger partial charge in [-0.2, -0.15) is 0 Å². The van der Waals surface area contributed by atoms with E-state index in [-0.39, 0.29) is 12.5 Å². The molecule has 0 bridgehead atoms. The summed E-state index contributed by atoms with van der Waals surface area (Å²) < 4.78 is 13.9. The van der Waals surface area contributed by atoms with Gasteiger partial charge in [-0.15, -0.1) is 0 Å². The topological polar surface area (TPSA) is 47.7 Å². The summed E-state index contributed by atoms with van der Waals surface area (Å²) in [5.41, 5.74) is 5.96. The Morgan fingerprint density at radius 2 is 0.886 bits per heavy atom. The van der Waals surface area contributed by atoms with Gasteiger partial charge < -0.3 is 15.2 Å². The fourth-order valence-electron chi connectivity index (χ4n) is 7.08. The Labute approximate surface area is 277 Å². The van der Waals surface area contributed by atoms with Gasteiger partial charge in [0.25, 0.3) is 0 Å². The Balaban J connectivity index is 2.12. The third-order valence-corrected chi connectivity index (χ3v) is 10.5. The fourth-order valence-corrected chi connectivity index (χ4v) is 7.08. The summed E-state index contributed by atoms with van der Waals surface area (Å²) in [5.74, 6) is 0. The van der Waals surface area contributed by atoms with Crippen molar-refractivity contribution in [3.8, 4) is 0 Å². The predicted octanol–water partition coefficient (Wildman–Crippen LogP) is 10.6. The molecule has 1 heterocycles. The molecule has 2 N–H and O–H groups in total. The zero-order valence-corrected chi connectivity index (χ0v) is 30.8. The van der Waals surface area contributed by atoms with Crippen LogP contribution in [-0.2, 0) is 9.47 Å². The highest BCUT2D eigenvalue weighted by Gasteiger charge is 2.39. The van der Waals surface area contributed by atoms with Crippen LogP contribution in [0, 0.1) is 0 Å². The van der Waals surface area contributed by atoms with E-state index in [2.05, 4.69) is 32.6 Å². The number of unbranched alkanes of at least 4 members (excludes halogenated alkanes) is 22. The van der Waals surface area contributed by atoms with Gasteiger partial charge in [0, 0.05) is 20.0 Å². The molecule has 1 rings (SSSR count). The van der Waals surface area contributed by atoms with Crippen molar-refractivity contribution >= 4 is 0 Å². The molecule has 0 spiro atoms. The molecule has 1 aliphatic heterocycles. The summed E-state index contributed by atoms with van der Waals surface area (Å²) in [7, 11) is 0. The van der Waals surface area contributed by atoms with Crippen molar-refractivity contribution in [2.45, 2.75) is 201 Å². The zero-order valence-electron chi connectivity index (χ0n) is 30.8. The molecular formula is C39H82N3O2+. The first kappa shape index (κ1) is 41.8. The smallest absolute Gasteiger partial charge is 0.190 e. The third-order valence-electron chi connectivity index (χ3n) is 10.5. The lowest BCUT2D eigenvalue weighted by atomic mass is 10.1. The molecule has 1 aliphatic rings. The highest BCUT2D eigenvalue weighted by Crippen LogP contribution is 2.23. The molecule has 5 nitrogen and oxygen atoms in total. The van der Waals surface area contributed by atoms with Crippen LogP contribution >= 0.6 is 0 Å². The van der Waals surface area contributed by atoms with Crippen molar-refractivity contribution < 1.29 is 14.0 Å². The van der Waals surface area contributed by atoms with Gasteiger partial charge in [-0.1, -0.05) is 155 Å². The maximum absolute atomic E-state index is 6.50. The minimum Gasteiger partial charge on any atom is -0.363 e. The van der Waals surface area contributed by atoms with Crippen LogP contribution in [0.15, 0.2) is 0 Å². The third kappa shape index (κ3) is 21.6. The van der Waals surface area contributed by atoms with Crippen LogP contribution < -0.4 is 5.73 Å². The van der Waals surface area contributed by atoms with Gasteiger partial charge in [0.1, 0.15) is 6.23 Å². The Morgan fingerprint density at radius 1 is 0.523 bits per heavy atom. The maximum Gasteiger partial charge on any atom is 0.190 e. The summed E-state index contributed by atoms with van der Waals surface area (Å²) in [6.07, 6.45) is 34.9. The van der Waals surface area contributed by atoms with Crippen LogP contribution in [-0.4, -0.2) is 74.3 Å². The van der Waals surface area contributed by atoms with E-state index in [1.807, 2.05) is 0 Å². The van der Waals surface area contributed by atoms with Gasteiger partial charge in [-0.05, 0) is 26.3 Å². The number of hydrogen-bond donors (Lipinski definition) is 1. The lowest BCUT2D eigenvalue weighted by molar-refractivity contribution is -0.973. The minimum absolute atomic E-state index is 0.219. The lowest BCUT2D eigenvalue weighted by Crippen LogP contribution is -2.65. The molecule has 0 aromatic carbocycles. The molecule has 264 valence electrons. The SMILES string of the molecule is CCCCCCCCCCCCCCOC(C)N1CC[N+](CCCN)(C(C)OCCCCCCCCCCCCCC)CC1. The maximum atomic E-state index is 6.50. The van der Waals surface area contributed by atoms with Crippen LogP contribution in [0.2, 0.25) is 0 Å². The number of nitrogens with zero attached hydrogens (tertiary/aromatic N) is 2. The first-order valence-corrected chi connectivity index (χ1v) is 20.1. The normalized spacial score (nSPS) is 16.8. The zero-order chi connectivity index (χ0) is 32.0. The van der Waals surface area contributed by atoms with Gasteiger partial charge in [0.05, 0.1) is 39.3 Å². The largest absolute Gasteiger partial charge is 0.363 e. The second-order valence-electron chi connectivity index (χ2n) is 14.3. The Morgan fingerprint density at radius 3 is 1.27 bits per heavy atom. The quantitative estimate of drug-likeness (QED) is 0.0583. The number of quaternary nitrogens is 1. The molecule has 0 aromatic heterocycles. The molecule has 2 unspecified atom stereocenters. The molecule has 0 radical (unpaired) electrons. The van der Waals surface area contributed by atoms with Crippen molar-refractivity contribution in [3.63, 3.8) is 0 Å². The van der Waals surface area contributed by atoms with Crippen LogP contribution in [0.1, 0.15) is 188 Å². The molecule has 0 amide bonds. The van der Waals surface area contributed by atoms with Gasteiger partial charge in [0.15, 0.2) is 6.23 Å². The molecule has 44 heavy (non-hydrogen) atoms. The number of hydrogen-bond acceptors (Lipinski definition) is 4. The second-order valence-corrected chi connectivity index (χ2v) is 14.3. The van der Waals surface area contributed by atoms with Gasteiger partial charge >= 0.3 is 0 Å². The highest BCUT2D eigenvalue weighted by atomic mass is 16.5. The van der Waals surface area contributed by atoms with E-state index in [4.69, 9.17) is 15.2 Å². The predicted molar refractivity (Wildman–Crippen MR) is 193 cm³/mol. The lowest BCUT2D eigenvalue weighted by Gasteiger charge is -2.49. The average Bonchev–Trinajstić information content (AvgIpc) is 3.04. The van der Waals surface area contributed by atoms with Gasteiger partial charge in [0.2, 0.25) is 0 Å². The van der Waals surface area contributed by atoms with E-state index in [1.165, 1.54) is 154 Å². The van der Waals surface area contributed by atoms with E-state index in [9.17, 15) is 0 Å². The molecule has 2 atom stereocenters. The number of nitrogens with two attached hydrogens (primary N) is 1. The number of piperazine rings is 1. The fraction of sp³-hybridized carbons (Fsp3) is 1.00. The summed E-state index contributed by atoms with van der Waals surface area (Å²) in [6, 6.07) is 0. The van der Waals surface area contributed by atoms with E-state index in [1.54, 1.807) is 0 Å². The minimum atomic E-state index is 0.219. The summed E-state index contributed by atoms with van der Waals surface area (Å²) in [6.45, 7) is 17.4. The van der Waals surface area contributed by atoms with Crippen molar-refractivity contribution in [1.82, 2.24) is 4.90 Å².